The molecule has 4 heterocycles. The summed E-state index contributed by atoms with van der Waals surface area (Å²) in [5.41, 5.74) is 0.808. The van der Waals surface area contributed by atoms with Gasteiger partial charge in [-0.3, -0.25) is 14.5 Å². The van der Waals surface area contributed by atoms with Gasteiger partial charge in [0.05, 0.1) is 30.2 Å². The van der Waals surface area contributed by atoms with Gasteiger partial charge in [0.25, 0.3) is 0 Å². The third-order valence-electron chi connectivity index (χ3n) is 8.32. The third kappa shape index (κ3) is 4.59. The van der Waals surface area contributed by atoms with E-state index in [4.69, 9.17) is 16.3 Å². The number of nitrogens with one attached hydrogen (secondary N) is 1. The molecule has 9 heteroatoms. The maximum atomic E-state index is 14.1. The number of nitrogens with zero attached hydrogens (tertiary/aromatic N) is 3. The molecule has 6 rings (SSSR count). The van der Waals surface area contributed by atoms with Crippen molar-refractivity contribution in [2.24, 2.45) is 11.8 Å². The molecule has 2 amide bonds. The summed E-state index contributed by atoms with van der Waals surface area (Å²) in [7, 11) is 0. The lowest BCUT2D eigenvalue weighted by Gasteiger charge is -2.36. The van der Waals surface area contributed by atoms with Crippen molar-refractivity contribution in [1.29, 1.82) is 0 Å². The zero-order valence-electron chi connectivity index (χ0n) is 21.2. The van der Waals surface area contributed by atoms with E-state index in [2.05, 4.69) is 15.1 Å². The van der Waals surface area contributed by atoms with Crippen LogP contribution in [0.2, 0.25) is 5.02 Å². The normalized spacial score (nSPS) is 28.3. The fraction of sp³-hybridized carbons (Fsp3) is 0.448. The Kier molecular flexibility index (Phi) is 6.88. The maximum Gasteiger partial charge on any atom is 0.230 e. The molecule has 0 radical (unpaired) electrons. The number of fused-ring (bicyclic) bond motifs is 1. The van der Waals surface area contributed by atoms with Crippen LogP contribution in [0.3, 0.4) is 0 Å². The molecule has 4 aliphatic heterocycles. The molecule has 2 bridgehead atoms. The molecule has 7 nitrogen and oxygen atoms in total. The second-order valence-corrected chi connectivity index (χ2v) is 11.0. The van der Waals surface area contributed by atoms with E-state index in [1.165, 1.54) is 6.07 Å². The van der Waals surface area contributed by atoms with Crippen molar-refractivity contribution in [3.8, 4) is 0 Å². The molecule has 2 aromatic rings. The molecular weight excluding hydrogens is 507 g/mol. The van der Waals surface area contributed by atoms with E-state index in [9.17, 15) is 14.0 Å². The Balaban J connectivity index is 0.994. The lowest BCUT2D eigenvalue weighted by molar-refractivity contribution is -0.137. The van der Waals surface area contributed by atoms with Crippen LogP contribution in [0.5, 0.6) is 0 Å². The predicted octanol–water partition coefficient (Wildman–Crippen LogP) is 3.09. The molecule has 0 saturated carbocycles. The third-order valence-corrected chi connectivity index (χ3v) is 8.69. The first kappa shape index (κ1) is 25.3. The van der Waals surface area contributed by atoms with Crippen molar-refractivity contribution in [1.82, 2.24) is 15.1 Å². The molecule has 2 aromatic carbocycles. The van der Waals surface area contributed by atoms with Crippen molar-refractivity contribution < 1.29 is 18.7 Å². The number of anilines is 1. The fourth-order valence-electron chi connectivity index (χ4n) is 6.40. The monoisotopic (exact) mass is 538 g/mol. The number of carbonyl (C=O) groups excluding carboxylic acids is 2. The Bertz CT molecular complexity index is 1250. The second kappa shape index (κ2) is 10.3. The number of carbonyl (C=O) groups is 2. The summed E-state index contributed by atoms with van der Waals surface area (Å²) in [6.45, 7) is 5.48. The van der Waals surface area contributed by atoms with E-state index < -0.39 is 17.4 Å². The van der Waals surface area contributed by atoms with E-state index >= 15 is 0 Å². The summed E-state index contributed by atoms with van der Waals surface area (Å²) in [4.78, 5) is 32.9. The number of amides is 2. The van der Waals surface area contributed by atoms with Gasteiger partial charge in [-0.15, -0.1) is 0 Å². The minimum atomic E-state index is -0.733. The highest BCUT2D eigenvalue weighted by Gasteiger charge is 2.66. The van der Waals surface area contributed by atoms with Crippen LogP contribution in [-0.4, -0.2) is 79.1 Å². The van der Waals surface area contributed by atoms with E-state index in [1.54, 1.807) is 11.0 Å². The number of likely N-dealkylation sites (tertiary alicyclic amines) is 1. The number of ether oxygens (including phenoxy) is 1. The minimum Gasteiger partial charge on any atom is -0.367 e. The molecule has 4 aliphatic rings. The lowest BCUT2D eigenvalue weighted by Crippen LogP contribution is -2.47. The highest BCUT2D eigenvalue weighted by molar-refractivity contribution is 6.31. The molecule has 3 fully saturated rings. The van der Waals surface area contributed by atoms with Gasteiger partial charge >= 0.3 is 0 Å². The summed E-state index contributed by atoms with van der Waals surface area (Å²) >= 11 is 6.33. The quantitative estimate of drug-likeness (QED) is 0.413. The number of hydrogen-bond acceptors (Lipinski definition) is 5. The Morgan fingerprint density at radius 2 is 1.87 bits per heavy atom. The number of para-hydroxylation sites is 1. The van der Waals surface area contributed by atoms with Crippen molar-refractivity contribution in [3.63, 3.8) is 0 Å². The fourth-order valence-corrected chi connectivity index (χ4v) is 6.59. The molecule has 1 N–H and O–H groups in total. The number of piperazine rings is 1. The summed E-state index contributed by atoms with van der Waals surface area (Å²) in [6.07, 6.45) is 4.35. The van der Waals surface area contributed by atoms with Crippen molar-refractivity contribution in [2.75, 3.05) is 50.7 Å². The van der Waals surface area contributed by atoms with Crippen LogP contribution in [0.25, 0.3) is 0 Å². The molecule has 0 aliphatic carbocycles. The minimum absolute atomic E-state index is 0.0513. The Morgan fingerprint density at radius 3 is 2.66 bits per heavy atom. The number of halogens is 2. The topological polar surface area (TPSA) is 65.1 Å². The largest absolute Gasteiger partial charge is 0.367 e. The molecule has 1 spiro atoms. The molecule has 3 saturated heterocycles. The molecule has 4 atom stereocenters. The summed E-state index contributed by atoms with van der Waals surface area (Å²) < 4.78 is 20.3. The molecule has 0 aromatic heterocycles. The van der Waals surface area contributed by atoms with E-state index in [0.29, 0.717) is 30.3 Å². The highest BCUT2D eigenvalue weighted by atomic mass is 35.5. The van der Waals surface area contributed by atoms with Crippen LogP contribution in [0.4, 0.5) is 10.1 Å². The van der Waals surface area contributed by atoms with E-state index in [-0.39, 0.29) is 23.7 Å². The van der Waals surface area contributed by atoms with Crippen molar-refractivity contribution in [3.05, 3.63) is 77.1 Å². The number of benzene rings is 2. The van der Waals surface area contributed by atoms with Gasteiger partial charge in [0.15, 0.2) is 0 Å². The maximum absolute atomic E-state index is 14.1. The smallest absolute Gasteiger partial charge is 0.230 e. The Labute approximate surface area is 227 Å². The van der Waals surface area contributed by atoms with Gasteiger partial charge < -0.3 is 19.9 Å². The summed E-state index contributed by atoms with van der Waals surface area (Å²) in [5, 5.41) is 3.69. The van der Waals surface area contributed by atoms with Crippen molar-refractivity contribution >= 4 is 29.1 Å². The molecule has 200 valence electrons. The Hall–Kier alpha value is -2.94. The van der Waals surface area contributed by atoms with Gasteiger partial charge in [0.2, 0.25) is 11.8 Å². The number of hydrogen-bond donors (Lipinski definition) is 1. The zero-order valence-corrected chi connectivity index (χ0v) is 21.9. The standard InChI is InChI=1S/C29H32ClFN4O3/c30-21-7-2-1-6-20(21)18-35-19-29-11-10-24(38-29)25(26(29)28(35)37)27(36)32-12-5-13-33-14-16-34(17-15-33)23-9-4-3-8-22(23)31/h1-4,6-11,24-26H,5,12-19H2,(H,32,36)/t24-,25?,26-,29?/m1/s1. The number of rotatable bonds is 8. The van der Waals surface area contributed by atoms with Crippen molar-refractivity contribution in [2.45, 2.75) is 24.7 Å². The second-order valence-electron chi connectivity index (χ2n) is 10.6. The van der Waals surface area contributed by atoms with Gasteiger partial charge in [-0.25, -0.2) is 4.39 Å². The lowest BCUT2D eigenvalue weighted by atomic mass is 9.77. The Morgan fingerprint density at radius 1 is 1.11 bits per heavy atom. The van der Waals surface area contributed by atoms with Gasteiger partial charge in [0.1, 0.15) is 11.4 Å². The first-order chi connectivity index (χ1) is 18.4. The van der Waals surface area contributed by atoms with Gasteiger partial charge in [0, 0.05) is 44.3 Å². The van der Waals surface area contributed by atoms with Crippen LogP contribution in [0.15, 0.2) is 60.7 Å². The predicted molar refractivity (Wildman–Crippen MR) is 143 cm³/mol. The first-order valence-electron chi connectivity index (χ1n) is 13.3. The van der Waals surface area contributed by atoms with E-state index in [1.807, 2.05) is 48.6 Å². The van der Waals surface area contributed by atoms with Crippen LogP contribution < -0.4 is 10.2 Å². The SMILES string of the molecule is O=C(NCCCN1CCN(c2ccccc2F)CC1)C1[C@H]2C=CC3(CN(Cc4ccccc4Cl)C(=O)[C@@H]13)O2. The average molecular weight is 539 g/mol. The van der Waals surface area contributed by atoms with Gasteiger partial charge in [-0.2, -0.15) is 0 Å². The van der Waals surface area contributed by atoms with Crippen LogP contribution in [0, 0.1) is 17.7 Å². The van der Waals surface area contributed by atoms with Crippen LogP contribution in [0.1, 0.15) is 12.0 Å². The molecule has 38 heavy (non-hydrogen) atoms. The average Bonchev–Trinajstić information content (AvgIpc) is 3.56. The highest BCUT2D eigenvalue weighted by Crippen LogP contribution is 2.52. The van der Waals surface area contributed by atoms with Crippen LogP contribution >= 0.6 is 11.6 Å². The van der Waals surface area contributed by atoms with Crippen LogP contribution in [-0.2, 0) is 20.9 Å². The van der Waals surface area contributed by atoms with E-state index in [0.717, 1.165) is 44.7 Å². The summed E-state index contributed by atoms with van der Waals surface area (Å²) in [5.74, 6) is -1.38. The first-order valence-corrected chi connectivity index (χ1v) is 13.7. The molecular formula is C29H32ClFN4O3. The molecule has 2 unspecified atom stereocenters. The van der Waals surface area contributed by atoms with Gasteiger partial charge in [-0.1, -0.05) is 54.1 Å². The zero-order chi connectivity index (χ0) is 26.3. The summed E-state index contributed by atoms with van der Waals surface area (Å²) in [6, 6.07) is 14.4. The van der Waals surface area contributed by atoms with Gasteiger partial charge in [-0.05, 0) is 36.7 Å².